The maximum absolute atomic E-state index is 12.5. The van der Waals surface area contributed by atoms with Gasteiger partial charge in [0.25, 0.3) is 0 Å². The van der Waals surface area contributed by atoms with E-state index in [1.807, 2.05) is 32.2 Å². The van der Waals surface area contributed by atoms with Gasteiger partial charge in [-0.3, -0.25) is 0 Å². The van der Waals surface area contributed by atoms with Crippen molar-refractivity contribution in [2.45, 2.75) is 39.3 Å². The maximum Gasteiger partial charge on any atom is 0.318 e. The van der Waals surface area contributed by atoms with Crippen LogP contribution in [0.5, 0.6) is 0 Å². The Hall–Kier alpha value is -1.86. The van der Waals surface area contributed by atoms with E-state index in [0.717, 1.165) is 22.9 Å². The fourth-order valence-electron chi connectivity index (χ4n) is 2.66. The Labute approximate surface area is 145 Å². The number of aromatic nitrogens is 1. The lowest BCUT2D eigenvalue weighted by Gasteiger charge is -2.32. The number of ether oxygens (including phenoxy) is 1. The van der Waals surface area contributed by atoms with Crippen molar-refractivity contribution in [1.82, 2.24) is 15.2 Å². The van der Waals surface area contributed by atoms with E-state index in [1.165, 1.54) is 4.88 Å². The Morgan fingerprint density at radius 3 is 3.04 bits per heavy atom. The van der Waals surface area contributed by atoms with Crippen molar-refractivity contribution < 1.29 is 13.9 Å². The number of amides is 2. The molecule has 2 atom stereocenters. The van der Waals surface area contributed by atoms with E-state index in [9.17, 15) is 4.79 Å². The van der Waals surface area contributed by atoms with Gasteiger partial charge < -0.3 is 19.4 Å². The largest absolute Gasteiger partial charge is 0.464 e. The summed E-state index contributed by atoms with van der Waals surface area (Å²) in [6, 6.07) is 3.63. The minimum atomic E-state index is -0.208. The Bertz CT molecular complexity index is 697. The zero-order chi connectivity index (χ0) is 17.1. The number of nitrogens with zero attached hydrogens (tertiary/aromatic N) is 2. The Morgan fingerprint density at radius 2 is 2.38 bits per heavy atom. The van der Waals surface area contributed by atoms with Crippen molar-refractivity contribution in [1.29, 1.82) is 0 Å². The lowest BCUT2D eigenvalue weighted by molar-refractivity contribution is -0.0266. The second-order valence-corrected chi connectivity index (χ2v) is 7.09. The average Bonchev–Trinajstić information content (AvgIpc) is 3.23. The molecule has 0 bridgehead atoms. The Kier molecular flexibility index (Phi) is 5.20. The van der Waals surface area contributed by atoms with Crippen LogP contribution >= 0.6 is 11.3 Å². The van der Waals surface area contributed by atoms with Crippen molar-refractivity contribution >= 4 is 17.4 Å². The predicted molar refractivity (Wildman–Crippen MR) is 92.1 cm³/mol. The molecule has 1 aliphatic rings. The van der Waals surface area contributed by atoms with Gasteiger partial charge in [0.15, 0.2) is 0 Å². The first-order valence-electron chi connectivity index (χ1n) is 8.24. The van der Waals surface area contributed by atoms with E-state index < -0.39 is 0 Å². The molecule has 24 heavy (non-hydrogen) atoms. The van der Waals surface area contributed by atoms with Gasteiger partial charge in [0.1, 0.15) is 22.6 Å². The molecule has 0 unspecified atom stereocenters. The minimum Gasteiger partial charge on any atom is -0.464 e. The summed E-state index contributed by atoms with van der Waals surface area (Å²) in [4.78, 5) is 19.9. The van der Waals surface area contributed by atoms with Gasteiger partial charge in [-0.15, -0.1) is 11.3 Å². The highest BCUT2D eigenvalue weighted by atomic mass is 32.1. The summed E-state index contributed by atoms with van der Waals surface area (Å²) in [5, 5.41) is 3.97. The average molecular weight is 349 g/mol. The molecule has 7 heteroatoms. The predicted octanol–water partition coefficient (Wildman–Crippen LogP) is 3.45. The molecule has 0 spiro atoms. The van der Waals surface area contributed by atoms with E-state index in [-0.39, 0.29) is 18.2 Å². The van der Waals surface area contributed by atoms with Crippen LogP contribution in [0.25, 0.3) is 0 Å². The highest BCUT2D eigenvalue weighted by Crippen LogP contribution is 2.25. The monoisotopic (exact) mass is 349 g/mol. The van der Waals surface area contributed by atoms with Crippen LogP contribution in [0, 0.1) is 6.92 Å². The molecule has 2 aromatic rings. The topological polar surface area (TPSA) is 67.6 Å². The molecule has 1 aliphatic heterocycles. The van der Waals surface area contributed by atoms with Crippen LogP contribution < -0.4 is 5.32 Å². The third kappa shape index (κ3) is 3.79. The fourth-order valence-corrected chi connectivity index (χ4v) is 3.52. The number of rotatable bonds is 4. The van der Waals surface area contributed by atoms with E-state index in [1.54, 1.807) is 16.2 Å². The van der Waals surface area contributed by atoms with Gasteiger partial charge in [0.2, 0.25) is 0 Å². The van der Waals surface area contributed by atoms with Crippen LogP contribution in [0.2, 0.25) is 0 Å². The molecule has 0 aliphatic carbocycles. The van der Waals surface area contributed by atoms with Crippen molar-refractivity contribution in [2.75, 3.05) is 19.7 Å². The second-order valence-electron chi connectivity index (χ2n) is 5.94. The van der Waals surface area contributed by atoms with Crippen LogP contribution in [-0.2, 0) is 11.2 Å². The summed E-state index contributed by atoms with van der Waals surface area (Å²) in [5.74, 6) is 1.62. The molecule has 1 saturated heterocycles. The first-order valence-corrected chi connectivity index (χ1v) is 9.06. The number of hydrogen-bond donors (Lipinski definition) is 1. The molecule has 2 amide bonds. The number of aryl methyl sites for hydroxylation is 2. The van der Waals surface area contributed by atoms with Gasteiger partial charge in [-0.05, 0) is 32.4 Å². The van der Waals surface area contributed by atoms with Crippen LogP contribution in [-0.4, -0.2) is 35.6 Å². The molecule has 130 valence electrons. The number of urea groups is 1. The standard InChI is InChI=1S/C17H23N3O3S/c1-4-13-9-18-16(24-13)12(3)19-17(21)20-7-8-22-15(10-20)14-6-5-11(2)23-14/h5-6,9,12,15H,4,7-8,10H2,1-3H3,(H,19,21)/t12-,15+/m0/s1. The maximum atomic E-state index is 12.5. The van der Waals surface area contributed by atoms with Crippen molar-refractivity contribution in [2.24, 2.45) is 0 Å². The quantitative estimate of drug-likeness (QED) is 0.918. The number of morpholine rings is 1. The second kappa shape index (κ2) is 7.36. The molecule has 0 aromatic carbocycles. The minimum absolute atomic E-state index is 0.0904. The molecule has 0 radical (unpaired) electrons. The first-order chi connectivity index (χ1) is 11.6. The van der Waals surface area contributed by atoms with E-state index in [0.29, 0.717) is 19.7 Å². The summed E-state index contributed by atoms with van der Waals surface area (Å²) >= 11 is 1.65. The summed E-state index contributed by atoms with van der Waals surface area (Å²) < 4.78 is 11.4. The SMILES string of the molecule is CCc1cnc([C@H](C)NC(=O)N2CCO[C@@H](c3ccc(C)o3)C2)s1. The highest BCUT2D eigenvalue weighted by Gasteiger charge is 2.28. The van der Waals surface area contributed by atoms with Crippen LogP contribution in [0.1, 0.15) is 47.4 Å². The molecule has 6 nitrogen and oxygen atoms in total. The van der Waals surface area contributed by atoms with Gasteiger partial charge in [-0.1, -0.05) is 6.92 Å². The zero-order valence-electron chi connectivity index (χ0n) is 14.2. The summed E-state index contributed by atoms with van der Waals surface area (Å²) in [6.45, 7) is 7.53. The number of hydrogen-bond acceptors (Lipinski definition) is 5. The number of nitrogens with one attached hydrogen (secondary N) is 1. The number of furan rings is 1. The third-order valence-corrected chi connectivity index (χ3v) is 5.39. The lowest BCUT2D eigenvalue weighted by atomic mass is 10.2. The van der Waals surface area contributed by atoms with Crippen LogP contribution in [0.15, 0.2) is 22.7 Å². The fraction of sp³-hybridized carbons (Fsp3) is 0.529. The van der Waals surface area contributed by atoms with Gasteiger partial charge in [-0.25, -0.2) is 9.78 Å². The van der Waals surface area contributed by atoms with Gasteiger partial charge >= 0.3 is 6.03 Å². The highest BCUT2D eigenvalue weighted by molar-refractivity contribution is 7.11. The van der Waals surface area contributed by atoms with E-state index >= 15 is 0 Å². The smallest absolute Gasteiger partial charge is 0.318 e. The lowest BCUT2D eigenvalue weighted by Crippen LogP contribution is -2.47. The summed E-state index contributed by atoms with van der Waals surface area (Å²) in [7, 11) is 0. The normalized spacial score (nSPS) is 19.3. The van der Waals surface area contributed by atoms with Gasteiger partial charge in [-0.2, -0.15) is 0 Å². The zero-order valence-corrected chi connectivity index (χ0v) is 15.1. The van der Waals surface area contributed by atoms with Gasteiger partial charge in [0.05, 0.1) is 19.2 Å². The molecule has 2 aromatic heterocycles. The summed E-state index contributed by atoms with van der Waals surface area (Å²) in [6.07, 6.45) is 2.64. The molecule has 1 N–H and O–H groups in total. The molecule has 3 rings (SSSR count). The van der Waals surface area contributed by atoms with Crippen molar-refractivity contribution in [3.05, 3.63) is 39.7 Å². The molecular formula is C17H23N3O3S. The third-order valence-electron chi connectivity index (χ3n) is 4.06. The van der Waals surface area contributed by atoms with Crippen molar-refractivity contribution in [3.8, 4) is 0 Å². The first kappa shape index (κ1) is 17.0. The Morgan fingerprint density at radius 1 is 1.54 bits per heavy atom. The molecule has 3 heterocycles. The number of thiazole rings is 1. The number of carbonyl (C=O) groups excluding carboxylic acids is 1. The van der Waals surface area contributed by atoms with Gasteiger partial charge in [0, 0.05) is 17.6 Å². The molecule has 1 fully saturated rings. The molecule has 0 saturated carbocycles. The summed E-state index contributed by atoms with van der Waals surface area (Å²) in [5.41, 5.74) is 0. The Balaban J connectivity index is 1.59. The van der Waals surface area contributed by atoms with E-state index in [2.05, 4.69) is 17.2 Å². The number of carbonyl (C=O) groups is 1. The van der Waals surface area contributed by atoms with E-state index in [4.69, 9.17) is 9.15 Å². The van der Waals surface area contributed by atoms with Crippen LogP contribution in [0.3, 0.4) is 0 Å². The van der Waals surface area contributed by atoms with Crippen molar-refractivity contribution in [3.63, 3.8) is 0 Å². The van der Waals surface area contributed by atoms with Crippen LogP contribution in [0.4, 0.5) is 4.79 Å². The molecular weight excluding hydrogens is 326 g/mol.